The van der Waals surface area contributed by atoms with Crippen molar-refractivity contribution in [2.24, 2.45) is 0 Å². The average Bonchev–Trinajstić information content (AvgIpc) is 3.63. The van der Waals surface area contributed by atoms with Crippen LogP contribution in [0.4, 0.5) is 5.69 Å². The highest BCUT2D eigenvalue weighted by molar-refractivity contribution is 7.17. The van der Waals surface area contributed by atoms with E-state index in [2.05, 4.69) is 4.98 Å². The van der Waals surface area contributed by atoms with Gasteiger partial charge in [-0.25, -0.2) is 9.78 Å². The van der Waals surface area contributed by atoms with E-state index in [0.717, 1.165) is 5.56 Å². The average molecular weight is 501 g/mol. The number of ketones is 1. The lowest BCUT2D eigenvalue weighted by atomic mass is 9.99. The number of esters is 1. The summed E-state index contributed by atoms with van der Waals surface area (Å²) >= 11 is 1.20. The van der Waals surface area contributed by atoms with Crippen LogP contribution < -0.4 is 4.90 Å². The van der Waals surface area contributed by atoms with Gasteiger partial charge in [-0.1, -0.05) is 30.3 Å². The Morgan fingerprint density at radius 1 is 1.06 bits per heavy atom. The lowest BCUT2D eigenvalue weighted by Gasteiger charge is -2.25. The molecule has 1 unspecified atom stereocenters. The molecule has 8 nitrogen and oxygen atoms in total. The van der Waals surface area contributed by atoms with Crippen LogP contribution in [0, 0.1) is 6.92 Å². The molecule has 0 spiro atoms. The number of hydrogen-bond donors (Lipinski definition) is 1. The van der Waals surface area contributed by atoms with Crippen LogP contribution in [0.1, 0.15) is 37.5 Å². The topological polar surface area (TPSA) is 110 Å². The maximum Gasteiger partial charge on any atom is 0.337 e. The van der Waals surface area contributed by atoms with E-state index in [4.69, 9.17) is 9.15 Å². The van der Waals surface area contributed by atoms with Crippen molar-refractivity contribution in [1.82, 2.24) is 4.98 Å². The van der Waals surface area contributed by atoms with Gasteiger partial charge in [-0.3, -0.25) is 14.5 Å². The number of nitrogens with zero attached hydrogens (tertiary/aromatic N) is 2. The Balaban J connectivity index is 1.57. The molecule has 1 amide bonds. The second-order valence-electron chi connectivity index (χ2n) is 8.02. The van der Waals surface area contributed by atoms with Crippen LogP contribution in [-0.4, -0.2) is 34.9 Å². The number of Topliss-reactive ketones (excluding diaryl/α,β-unsaturated/α-hetero) is 1. The van der Waals surface area contributed by atoms with Crippen LogP contribution in [0.15, 0.2) is 88.7 Å². The van der Waals surface area contributed by atoms with Gasteiger partial charge < -0.3 is 14.3 Å². The molecular weight excluding hydrogens is 480 g/mol. The number of ether oxygens (including phenoxy) is 1. The summed E-state index contributed by atoms with van der Waals surface area (Å²) in [6.45, 7) is 1.72. The first kappa shape index (κ1) is 23.3. The number of thiazole rings is 1. The third kappa shape index (κ3) is 3.89. The Bertz CT molecular complexity index is 1490. The van der Waals surface area contributed by atoms with Gasteiger partial charge in [0.25, 0.3) is 5.91 Å². The largest absolute Gasteiger partial charge is 0.503 e. The zero-order chi connectivity index (χ0) is 25.4. The minimum absolute atomic E-state index is 0.0987. The van der Waals surface area contributed by atoms with Gasteiger partial charge in [0.2, 0.25) is 5.78 Å². The van der Waals surface area contributed by atoms with Crippen molar-refractivity contribution < 1.29 is 28.6 Å². The summed E-state index contributed by atoms with van der Waals surface area (Å²) in [5.41, 5.74) is 1.92. The number of aromatic nitrogens is 1. The van der Waals surface area contributed by atoms with E-state index < -0.39 is 29.5 Å². The predicted octanol–water partition coefficient (Wildman–Crippen LogP) is 5.28. The Labute approximate surface area is 210 Å². The van der Waals surface area contributed by atoms with Gasteiger partial charge in [-0.2, -0.15) is 0 Å². The zero-order valence-corrected chi connectivity index (χ0v) is 20.1. The fourth-order valence-corrected chi connectivity index (χ4v) is 5.15. The number of aryl methyl sites for hydroxylation is 1. The van der Waals surface area contributed by atoms with E-state index in [1.165, 1.54) is 41.7 Å². The second kappa shape index (κ2) is 9.27. The molecule has 2 aromatic heterocycles. The van der Waals surface area contributed by atoms with Crippen molar-refractivity contribution in [1.29, 1.82) is 0 Å². The van der Waals surface area contributed by atoms with Crippen LogP contribution in [0.25, 0.3) is 10.6 Å². The number of methoxy groups -OCH3 is 1. The fraction of sp³-hybridized carbons (Fsp3) is 0.111. The number of furan rings is 1. The highest BCUT2D eigenvalue weighted by atomic mass is 32.1. The number of amides is 1. The Morgan fingerprint density at radius 3 is 2.42 bits per heavy atom. The molecule has 1 atom stereocenters. The van der Waals surface area contributed by atoms with Crippen LogP contribution in [0.2, 0.25) is 0 Å². The maximum atomic E-state index is 13.8. The number of aliphatic hydroxyl groups is 1. The third-order valence-electron chi connectivity index (χ3n) is 5.86. The van der Waals surface area contributed by atoms with Gasteiger partial charge in [0.15, 0.2) is 5.76 Å². The number of carbonyl (C=O) groups is 3. The zero-order valence-electron chi connectivity index (χ0n) is 19.3. The molecule has 1 aliphatic rings. The Morgan fingerprint density at radius 2 is 1.78 bits per heavy atom. The molecule has 1 N–H and O–H groups in total. The van der Waals surface area contributed by atoms with E-state index in [-0.39, 0.29) is 5.57 Å². The molecule has 0 saturated heterocycles. The SMILES string of the molecule is COC(=O)c1ccc(N2C(=O)C(O)=C(C(=O)c3sc(-c4ccccc4)nc3C)C2c2ccco2)cc1. The van der Waals surface area contributed by atoms with Gasteiger partial charge in [0.1, 0.15) is 16.8 Å². The van der Waals surface area contributed by atoms with E-state index in [1.807, 2.05) is 30.3 Å². The molecule has 3 heterocycles. The second-order valence-corrected chi connectivity index (χ2v) is 9.02. The minimum atomic E-state index is -1.01. The fourth-order valence-electron chi connectivity index (χ4n) is 4.13. The quantitative estimate of drug-likeness (QED) is 0.283. The first-order valence-electron chi connectivity index (χ1n) is 11.0. The van der Waals surface area contributed by atoms with Crippen LogP contribution >= 0.6 is 11.3 Å². The van der Waals surface area contributed by atoms with Crippen LogP contribution in [0.5, 0.6) is 0 Å². The van der Waals surface area contributed by atoms with Crippen molar-refractivity contribution in [2.45, 2.75) is 13.0 Å². The van der Waals surface area contributed by atoms with Crippen molar-refractivity contribution in [2.75, 3.05) is 12.0 Å². The molecule has 9 heteroatoms. The molecule has 2 aromatic carbocycles. The van der Waals surface area contributed by atoms with E-state index >= 15 is 0 Å². The van der Waals surface area contributed by atoms with Crippen molar-refractivity contribution in [3.05, 3.63) is 106 Å². The van der Waals surface area contributed by atoms with Crippen LogP contribution in [-0.2, 0) is 9.53 Å². The summed E-state index contributed by atoms with van der Waals surface area (Å²) in [6.07, 6.45) is 1.43. The molecule has 180 valence electrons. The van der Waals surface area contributed by atoms with Gasteiger partial charge in [0, 0.05) is 11.3 Å². The van der Waals surface area contributed by atoms with Gasteiger partial charge in [-0.05, 0) is 43.3 Å². The molecule has 0 aliphatic carbocycles. The molecule has 0 bridgehead atoms. The summed E-state index contributed by atoms with van der Waals surface area (Å²) in [6, 6.07) is 17.8. The summed E-state index contributed by atoms with van der Waals surface area (Å²) in [7, 11) is 1.28. The summed E-state index contributed by atoms with van der Waals surface area (Å²) < 4.78 is 10.3. The van der Waals surface area contributed by atoms with Crippen molar-refractivity contribution in [3.8, 4) is 10.6 Å². The third-order valence-corrected chi connectivity index (χ3v) is 7.06. The molecule has 0 saturated carbocycles. The number of rotatable bonds is 6. The van der Waals surface area contributed by atoms with E-state index in [1.54, 1.807) is 31.2 Å². The lowest BCUT2D eigenvalue weighted by molar-refractivity contribution is -0.117. The van der Waals surface area contributed by atoms with E-state index in [0.29, 0.717) is 32.6 Å². The highest BCUT2D eigenvalue weighted by Crippen LogP contribution is 2.43. The molecule has 1 aliphatic heterocycles. The summed E-state index contributed by atoms with van der Waals surface area (Å²) in [5, 5.41) is 11.6. The number of anilines is 1. The molecule has 0 radical (unpaired) electrons. The molecular formula is C27H20N2O6S. The number of aliphatic hydroxyl groups excluding tert-OH is 1. The molecule has 4 aromatic rings. The van der Waals surface area contributed by atoms with Crippen LogP contribution in [0.3, 0.4) is 0 Å². The van der Waals surface area contributed by atoms with Crippen molar-refractivity contribution >= 4 is 34.7 Å². The van der Waals surface area contributed by atoms with Gasteiger partial charge in [0.05, 0.1) is 35.1 Å². The minimum Gasteiger partial charge on any atom is -0.503 e. The number of benzene rings is 2. The van der Waals surface area contributed by atoms with E-state index in [9.17, 15) is 19.5 Å². The van der Waals surface area contributed by atoms with Crippen molar-refractivity contribution in [3.63, 3.8) is 0 Å². The first-order valence-corrected chi connectivity index (χ1v) is 11.8. The summed E-state index contributed by atoms with van der Waals surface area (Å²) in [5.74, 6) is -2.14. The normalized spacial score (nSPS) is 15.4. The summed E-state index contributed by atoms with van der Waals surface area (Å²) in [4.78, 5) is 45.0. The lowest BCUT2D eigenvalue weighted by Crippen LogP contribution is -2.30. The molecule has 0 fully saturated rings. The molecule has 36 heavy (non-hydrogen) atoms. The van der Waals surface area contributed by atoms with Gasteiger partial charge in [-0.15, -0.1) is 11.3 Å². The Hall–Kier alpha value is -4.50. The smallest absolute Gasteiger partial charge is 0.337 e. The Kier molecular flexibility index (Phi) is 5.99. The van der Waals surface area contributed by atoms with Gasteiger partial charge >= 0.3 is 5.97 Å². The standard InChI is InChI=1S/C27H20N2O6S/c1-15-24(36-25(28-15)16-7-4-3-5-8-16)22(30)20-21(19-9-6-14-35-19)29(26(32)23(20)31)18-12-10-17(11-13-18)27(33)34-2/h3-14,21,31H,1-2H3. The highest BCUT2D eigenvalue weighted by Gasteiger charge is 2.46. The molecule has 5 rings (SSSR count). The number of hydrogen-bond acceptors (Lipinski definition) is 8. The monoisotopic (exact) mass is 500 g/mol. The predicted molar refractivity (Wildman–Crippen MR) is 133 cm³/mol. The maximum absolute atomic E-state index is 13.8. The first-order chi connectivity index (χ1) is 17.4. The number of carbonyl (C=O) groups excluding carboxylic acids is 3.